The highest BCUT2D eigenvalue weighted by Gasteiger charge is 2.50. The molecule has 2 saturated carbocycles. The molecule has 0 aliphatic heterocycles. The summed E-state index contributed by atoms with van der Waals surface area (Å²) in [5, 5.41) is 6.57. The molecule has 0 aromatic heterocycles. The predicted molar refractivity (Wildman–Crippen MR) is 99.6 cm³/mol. The molecule has 2 N–H and O–H groups in total. The highest BCUT2D eigenvalue weighted by molar-refractivity contribution is 14.1. The van der Waals surface area contributed by atoms with Crippen LogP contribution in [-0.4, -0.2) is 31.1 Å². The predicted octanol–water partition coefficient (Wildman–Crippen LogP) is 2.87. The van der Waals surface area contributed by atoms with Gasteiger partial charge in [0.15, 0.2) is 0 Å². The van der Waals surface area contributed by atoms with Gasteiger partial charge in [0.25, 0.3) is 0 Å². The average molecular weight is 428 g/mol. The smallest absolute Gasteiger partial charge is 0.223 e. The van der Waals surface area contributed by atoms with Crippen LogP contribution in [-0.2, 0) is 4.79 Å². The van der Waals surface area contributed by atoms with Gasteiger partial charge in [0.2, 0.25) is 5.91 Å². The lowest BCUT2D eigenvalue weighted by Crippen LogP contribution is -2.42. The number of hydrogen-bond acceptors (Lipinski definition) is 3. The molecule has 0 radical (unpaired) electrons. The highest BCUT2D eigenvalue weighted by Crippen LogP contribution is 2.41. The van der Waals surface area contributed by atoms with E-state index in [-0.39, 0.29) is 17.4 Å². The van der Waals surface area contributed by atoms with Crippen molar-refractivity contribution in [1.82, 2.24) is 10.6 Å². The van der Waals surface area contributed by atoms with Gasteiger partial charge >= 0.3 is 0 Å². The van der Waals surface area contributed by atoms with Gasteiger partial charge in [0.1, 0.15) is 12.4 Å². The first-order valence-electron chi connectivity index (χ1n) is 8.45. The molecule has 0 spiro atoms. The molecule has 0 heterocycles. The van der Waals surface area contributed by atoms with Gasteiger partial charge in [-0.25, -0.2) is 0 Å². The van der Waals surface area contributed by atoms with Gasteiger partial charge < -0.3 is 15.4 Å². The molecule has 3 rings (SSSR count). The van der Waals surface area contributed by atoms with Crippen LogP contribution < -0.4 is 15.4 Å². The number of halogens is 1. The zero-order valence-corrected chi connectivity index (χ0v) is 16.0. The third kappa shape index (κ3) is 4.38. The van der Waals surface area contributed by atoms with E-state index in [1.807, 2.05) is 6.07 Å². The van der Waals surface area contributed by atoms with Gasteiger partial charge in [-0.05, 0) is 91.5 Å². The minimum absolute atomic E-state index is 0.127. The maximum absolute atomic E-state index is 12.4. The minimum Gasteiger partial charge on any atom is -0.491 e. The van der Waals surface area contributed by atoms with Gasteiger partial charge in [-0.15, -0.1) is 0 Å². The molecule has 4 nitrogen and oxygen atoms in total. The molecule has 2 aliphatic carbocycles. The molecule has 2 fully saturated rings. The standard InChI is InChI=1S/C18H25IN2O2/c1-3-20-10-13-9-15(13)17(22)21-18(6-7-18)11-23-16-5-4-14(19)8-12(16)2/h4-5,8,13,15,20H,3,6-7,9-11H2,1-2H3,(H,21,22)/t13?,15-/m0/s1. The molecule has 23 heavy (non-hydrogen) atoms. The van der Waals surface area contributed by atoms with Crippen molar-refractivity contribution in [1.29, 1.82) is 0 Å². The third-order valence-corrected chi connectivity index (χ3v) is 5.47. The van der Waals surface area contributed by atoms with Crippen LogP contribution in [0.5, 0.6) is 5.75 Å². The lowest BCUT2D eigenvalue weighted by atomic mass is 10.2. The fourth-order valence-electron chi connectivity index (χ4n) is 2.93. The number of nitrogens with one attached hydrogen (secondary N) is 2. The summed E-state index contributed by atoms with van der Waals surface area (Å²) in [7, 11) is 0. The van der Waals surface area contributed by atoms with E-state index in [0.29, 0.717) is 12.5 Å². The van der Waals surface area contributed by atoms with Crippen LogP contribution in [0, 0.1) is 22.3 Å². The number of ether oxygens (including phenoxy) is 1. The molecular weight excluding hydrogens is 403 g/mol. The van der Waals surface area contributed by atoms with Crippen molar-refractivity contribution < 1.29 is 9.53 Å². The van der Waals surface area contributed by atoms with Crippen molar-refractivity contribution in [2.45, 2.75) is 38.6 Å². The Labute approximate surface area is 151 Å². The number of carbonyl (C=O) groups is 1. The van der Waals surface area contributed by atoms with Crippen molar-refractivity contribution in [3.8, 4) is 5.75 Å². The summed E-state index contributed by atoms with van der Waals surface area (Å²) in [4.78, 5) is 12.4. The first kappa shape index (κ1) is 17.0. The zero-order chi connectivity index (χ0) is 16.4. The van der Waals surface area contributed by atoms with E-state index in [9.17, 15) is 4.79 Å². The lowest BCUT2D eigenvalue weighted by molar-refractivity contribution is -0.123. The van der Waals surface area contributed by atoms with Crippen LogP contribution >= 0.6 is 22.6 Å². The quantitative estimate of drug-likeness (QED) is 0.627. The SMILES string of the molecule is CCNCC1C[C@@H]1C(=O)NC1(COc2ccc(I)cc2C)CC1. The summed E-state index contributed by atoms with van der Waals surface area (Å²) in [5.41, 5.74) is 1.02. The molecule has 2 atom stereocenters. The third-order valence-electron chi connectivity index (χ3n) is 4.80. The Bertz CT molecular complexity index is 586. The Morgan fingerprint density at radius 2 is 2.22 bits per heavy atom. The molecule has 0 saturated heterocycles. The molecule has 1 amide bonds. The largest absolute Gasteiger partial charge is 0.491 e. The van der Waals surface area contributed by atoms with Crippen molar-refractivity contribution in [2.75, 3.05) is 19.7 Å². The van der Waals surface area contributed by atoms with Crippen molar-refractivity contribution in [3.05, 3.63) is 27.3 Å². The van der Waals surface area contributed by atoms with Crippen LogP contribution in [0.3, 0.4) is 0 Å². The molecule has 2 aliphatic rings. The summed E-state index contributed by atoms with van der Waals surface area (Å²) < 4.78 is 7.19. The van der Waals surface area contributed by atoms with Gasteiger partial charge in [0, 0.05) is 9.49 Å². The number of rotatable bonds is 8. The molecular formula is C18H25IN2O2. The number of hydrogen-bond donors (Lipinski definition) is 2. The Kier molecular flexibility index (Phi) is 5.16. The van der Waals surface area contributed by atoms with E-state index < -0.39 is 0 Å². The molecule has 1 aromatic rings. The monoisotopic (exact) mass is 428 g/mol. The number of benzene rings is 1. The molecule has 5 heteroatoms. The maximum Gasteiger partial charge on any atom is 0.223 e. The topological polar surface area (TPSA) is 50.4 Å². The molecule has 126 valence electrons. The summed E-state index contributed by atoms with van der Waals surface area (Å²) in [6.07, 6.45) is 3.06. The Hall–Kier alpha value is -0.820. The van der Waals surface area contributed by atoms with Crippen LogP contribution in [0.15, 0.2) is 18.2 Å². The van der Waals surface area contributed by atoms with E-state index in [0.717, 1.165) is 43.7 Å². The zero-order valence-electron chi connectivity index (χ0n) is 13.8. The van der Waals surface area contributed by atoms with Gasteiger partial charge in [-0.2, -0.15) is 0 Å². The van der Waals surface area contributed by atoms with Crippen LogP contribution in [0.1, 0.15) is 31.7 Å². The maximum atomic E-state index is 12.4. The van der Waals surface area contributed by atoms with Crippen molar-refractivity contribution >= 4 is 28.5 Å². The number of amides is 1. The fraction of sp³-hybridized carbons (Fsp3) is 0.611. The fourth-order valence-corrected chi connectivity index (χ4v) is 3.57. The van der Waals surface area contributed by atoms with Crippen molar-refractivity contribution in [3.63, 3.8) is 0 Å². The number of aryl methyl sites for hydroxylation is 1. The van der Waals surface area contributed by atoms with E-state index in [1.54, 1.807) is 0 Å². The summed E-state index contributed by atoms with van der Waals surface area (Å²) >= 11 is 2.30. The van der Waals surface area contributed by atoms with Crippen molar-refractivity contribution in [2.24, 2.45) is 11.8 Å². The van der Waals surface area contributed by atoms with Crippen LogP contribution in [0.4, 0.5) is 0 Å². The van der Waals surface area contributed by atoms with Gasteiger partial charge in [-0.3, -0.25) is 4.79 Å². The van der Waals surface area contributed by atoms with Gasteiger partial charge in [-0.1, -0.05) is 6.92 Å². The second-order valence-corrected chi connectivity index (χ2v) is 8.12. The first-order chi connectivity index (χ1) is 11.0. The Morgan fingerprint density at radius 1 is 1.43 bits per heavy atom. The molecule has 1 aromatic carbocycles. The minimum atomic E-state index is -0.127. The summed E-state index contributed by atoms with van der Waals surface area (Å²) in [5.74, 6) is 1.85. The second-order valence-electron chi connectivity index (χ2n) is 6.88. The highest BCUT2D eigenvalue weighted by atomic mass is 127. The van der Waals surface area contributed by atoms with E-state index in [4.69, 9.17) is 4.74 Å². The van der Waals surface area contributed by atoms with Gasteiger partial charge in [0.05, 0.1) is 5.54 Å². The molecule has 1 unspecified atom stereocenters. The normalized spacial score (nSPS) is 24.1. The lowest BCUT2D eigenvalue weighted by Gasteiger charge is -2.19. The van der Waals surface area contributed by atoms with E-state index in [2.05, 4.69) is 59.2 Å². The Morgan fingerprint density at radius 3 is 2.87 bits per heavy atom. The average Bonchev–Trinajstić information content (AvgIpc) is 3.40. The van der Waals surface area contributed by atoms with Crippen LogP contribution in [0.2, 0.25) is 0 Å². The van der Waals surface area contributed by atoms with Crippen LogP contribution in [0.25, 0.3) is 0 Å². The van der Waals surface area contributed by atoms with E-state index in [1.165, 1.54) is 3.57 Å². The number of carbonyl (C=O) groups excluding carboxylic acids is 1. The second kappa shape index (κ2) is 6.97. The Balaban J connectivity index is 1.48. The van der Waals surface area contributed by atoms with E-state index >= 15 is 0 Å². The molecule has 0 bridgehead atoms. The first-order valence-corrected chi connectivity index (χ1v) is 9.52. The summed E-state index contributed by atoms with van der Waals surface area (Å²) in [6.45, 7) is 6.66. The summed E-state index contributed by atoms with van der Waals surface area (Å²) in [6, 6.07) is 6.18.